The van der Waals surface area contributed by atoms with E-state index < -0.39 is 0 Å². The highest BCUT2D eigenvalue weighted by Crippen LogP contribution is 2.33. The fraction of sp³-hybridized carbons (Fsp3) is 0.714. The summed E-state index contributed by atoms with van der Waals surface area (Å²) in [7, 11) is 0. The summed E-state index contributed by atoms with van der Waals surface area (Å²) in [6.07, 6.45) is 6.45. The van der Waals surface area contributed by atoms with E-state index in [0.717, 1.165) is 24.3 Å². The Labute approximate surface area is 114 Å². The van der Waals surface area contributed by atoms with Crippen molar-refractivity contribution in [3.8, 4) is 5.88 Å². The fourth-order valence-electron chi connectivity index (χ4n) is 2.61. The van der Waals surface area contributed by atoms with Crippen LogP contribution in [0.5, 0.6) is 5.88 Å². The number of hydrazine groups is 1. The Morgan fingerprint density at radius 1 is 1.26 bits per heavy atom. The number of nitrogens with zero attached hydrogens (tertiary/aromatic N) is 2. The number of hydrogen-bond acceptors (Lipinski definition) is 5. The van der Waals surface area contributed by atoms with Crippen LogP contribution in [-0.2, 0) is 0 Å². The van der Waals surface area contributed by atoms with Gasteiger partial charge in [-0.25, -0.2) is 15.8 Å². The lowest BCUT2D eigenvalue weighted by Gasteiger charge is -2.27. The maximum atomic E-state index is 6.09. The predicted octanol–water partition coefficient (Wildman–Crippen LogP) is 2.84. The molecule has 5 nitrogen and oxygen atoms in total. The van der Waals surface area contributed by atoms with Crippen molar-refractivity contribution < 1.29 is 4.74 Å². The number of aromatic nitrogens is 2. The van der Waals surface area contributed by atoms with Gasteiger partial charge in [-0.15, -0.1) is 0 Å². The molecule has 0 aromatic carbocycles. The van der Waals surface area contributed by atoms with Crippen LogP contribution in [0.2, 0.25) is 0 Å². The Morgan fingerprint density at radius 3 is 2.53 bits per heavy atom. The van der Waals surface area contributed by atoms with Gasteiger partial charge in [0.05, 0.1) is 5.56 Å². The van der Waals surface area contributed by atoms with Gasteiger partial charge < -0.3 is 10.2 Å². The van der Waals surface area contributed by atoms with Crippen LogP contribution in [0.4, 0.5) is 5.82 Å². The number of rotatable bonds is 4. The highest BCUT2D eigenvalue weighted by Gasteiger charge is 2.23. The molecule has 0 radical (unpaired) electrons. The molecule has 1 aliphatic rings. The van der Waals surface area contributed by atoms with Crippen molar-refractivity contribution in [2.45, 2.75) is 58.5 Å². The zero-order valence-corrected chi connectivity index (χ0v) is 12.0. The molecule has 0 bridgehead atoms. The van der Waals surface area contributed by atoms with Crippen LogP contribution < -0.4 is 16.0 Å². The number of anilines is 1. The van der Waals surface area contributed by atoms with Gasteiger partial charge in [-0.05, 0) is 37.5 Å². The highest BCUT2D eigenvalue weighted by molar-refractivity contribution is 5.49. The molecule has 3 N–H and O–H groups in total. The van der Waals surface area contributed by atoms with Gasteiger partial charge in [0.2, 0.25) is 5.88 Å². The van der Waals surface area contributed by atoms with Gasteiger partial charge in [0.15, 0.2) is 5.82 Å². The Hall–Kier alpha value is -1.36. The SMILES string of the molecule is CC1CCC(Oc2ncnc(NN)c2C(C)C)CC1. The normalized spacial score (nSPS) is 23.4. The summed E-state index contributed by atoms with van der Waals surface area (Å²) in [5.74, 6) is 7.93. The van der Waals surface area contributed by atoms with Gasteiger partial charge in [0.1, 0.15) is 12.4 Å². The molecule has 1 fully saturated rings. The Morgan fingerprint density at radius 2 is 1.95 bits per heavy atom. The van der Waals surface area contributed by atoms with Crippen LogP contribution in [0, 0.1) is 5.92 Å². The minimum atomic E-state index is 0.268. The Bertz CT molecular complexity index is 414. The van der Waals surface area contributed by atoms with Crippen LogP contribution >= 0.6 is 0 Å². The summed E-state index contributed by atoms with van der Waals surface area (Å²) in [6.45, 7) is 6.49. The molecule has 1 aliphatic carbocycles. The smallest absolute Gasteiger partial charge is 0.222 e. The average Bonchev–Trinajstić information content (AvgIpc) is 2.40. The lowest BCUT2D eigenvalue weighted by molar-refractivity contribution is 0.128. The number of nitrogens with one attached hydrogen (secondary N) is 1. The largest absolute Gasteiger partial charge is 0.474 e. The molecular weight excluding hydrogens is 240 g/mol. The molecule has 0 saturated heterocycles. The Kier molecular flexibility index (Phi) is 4.58. The average molecular weight is 264 g/mol. The molecule has 1 aromatic rings. The predicted molar refractivity (Wildman–Crippen MR) is 76.0 cm³/mol. The second kappa shape index (κ2) is 6.19. The summed E-state index contributed by atoms with van der Waals surface area (Å²) < 4.78 is 6.09. The molecule has 0 spiro atoms. The van der Waals surface area contributed by atoms with E-state index in [4.69, 9.17) is 10.6 Å². The van der Waals surface area contributed by atoms with E-state index in [9.17, 15) is 0 Å². The molecule has 0 aliphatic heterocycles. The van der Waals surface area contributed by atoms with Crippen LogP contribution in [0.3, 0.4) is 0 Å². The van der Waals surface area contributed by atoms with Gasteiger partial charge >= 0.3 is 0 Å². The maximum Gasteiger partial charge on any atom is 0.222 e. The molecule has 0 unspecified atom stereocenters. The quantitative estimate of drug-likeness (QED) is 0.646. The standard InChI is InChI=1S/C14H24N4O/c1-9(2)12-13(18-15)16-8-17-14(12)19-11-6-4-10(3)5-7-11/h8-11H,4-7,15H2,1-3H3,(H,16,17,18). The summed E-state index contributed by atoms with van der Waals surface area (Å²) in [5, 5.41) is 0. The van der Waals surface area contributed by atoms with Crippen LogP contribution in [-0.4, -0.2) is 16.1 Å². The van der Waals surface area contributed by atoms with E-state index in [1.807, 2.05) is 0 Å². The first-order valence-electron chi connectivity index (χ1n) is 7.10. The minimum absolute atomic E-state index is 0.268. The van der Waals surface area contributed by atoms with Gasteiger partial charge in [0.25, 0.3) is 0 Å². The topological polar surface area (TPSA) is 73.1 Å². The second-order valence-corrected chi connectivity index (χ2v) is 5.74. The van der Waals surface area contributed by atoms with E-state index >= 15 is 0 Å². The first-order chi connectivity index (χ1) is 9.11. The summed E-state index contributed by atoms with van der Waals surface area (Å²) in [4.78, 5) is 8.45. The lowest BCUT2D eigenvalue weighted by atomic mass is 9.89. The van der Waals surface area contributed by atoms with E-state index in [1.165, 1.54) is 19.2 Å². The van der Waals surface area contributed by atoms with Crippen LogP contribution in [0.25, 0.3) is 0 Å². The van der Waals surface area contributed by atoms with Crippen LogP contribution in [0.15, 0.2) is 6.33 Å². The third kappa shape index (κ3) is 3.35. The fourth-order valence-corrected chi connectivity index (χ4v) is 2.61. The first kappa shape index (κ1) is 14.1. The number of ether oxygens (including phenoxy) is 1. The van der Waals surface area contributed by atoms with E-state index in [1.54, 1.807) is 0 Å². The van der Waals surface area contributed by atoms with Crippen molar-refractivity contribution in [1.29, 1.82) is 0 Å². The molecule has 2 rings (SSSR count). The molecular formula is C14H24N4O. The number of hydrogen-bond donors (Lipinski definition) is 2. The molecule has 1 aromatic heterocycles. The van der Waals surface area contributed by atoms with Crippen molar-refractivity contribution in [1.82, 2.24) is 9.97 Å². The van der Waals surface area contributed by atoms with E-state index in [-0.39, 0.29) is 12.0 Å². The van der Waals surface area contributed by atoms with E-state index in [2.05, 4.69) is 36.2 Å². The lowest BCUT2D eigenvalue weighted by Crippen LogP contribution is -2.24. The number of nitrogen functional groups attached to an aromatic ring is 1. The first-order valence-corrected chi connectivity index (χ1v) is 7.10. The molecule has 5 heteroatoms. The van der Waals surface area contributed by atoms with Crippen molar-refractivity contribution in [2.24, 2.45) is 11.8 Å². The van der Waals surface area contributed by atoms with E-state index in [0.29, 0.717) is 11.7 Å². The zero-order chi connectivity index (χ0) is 13.8. The van der Waals surface area contributed by atoms with Crippen molar-refractivity contribution in [2.75, 3.05) is 5.43 Å². The highest BCUT2D eigenvalue weighted by atomic mass is 16.5. The van der Waals surface area contributed by atoms with Crippen molar-refractivity contribution >= 4 is 5.82 Å². The third-order valence-corrected chi connectivity index (χ3v) is 3.80. The van der Waals surface area contributed by atoms with Gasteiger partial charge in [0, 0.05) is 0 Å². The minimum Gasteiger partial charge on any atom is -0.474 e. The molecule has 0 atom stereocenters. The molecule has 1 heterocycles. The molecule has 0 amide bonds. The number of nitrogens with two attached hydrogens (primary N) is 1. The molecule has 1 saturated carbocycles. The van der Waals surface area contributed by atoms with Gasteiger partial charge in [-0.2, -0.15) is 0 Å². The monoisotopic (exact) mass is 264 g/mol. The molecule has 19 heavy (non-hydrogen) atoms. The summed E-state index contributed by atoms with van der Waals surface area (Å²) >= 11 is 0. The summed E-state index contributed by atoms with van der Waals surface area (Å²) in [6, 6.07) is 0. The summed E-state index contributed by atoms with van der Waals surface area (Å²) in [5.41, 5.74) is 3.59. The molecule has 106 valence electrons. The van der Waals surface area contributed by atoms with Crippen molar-refractivity contribution in [3.05, 3.63) is 11.9 Å². The third-order valence-electron chi connectivity index (χ3n) is 3.80. The van der Waals surface area contributed by atoms with Gasteiger partial charge in [-0.3, -0.25) is 0 Å². The van der Waals surface area contributed by atoms with Crippen molar-refractivity contribution in [3.63, 3.8) is 0 Å². The zero-order valence-electron chi connectivity index (χ0n) is 12.0. The maximum absolute atomic E-state index is 6.09. The van der Waals surface area contributed by atoms with Gasteiger partial charge in [-0.1, -0.05) is 20.8 Å². The van der Waals surface area contributed by atoms with Crippen LogP contribution in [0.1, 0.15) is 57.9 Å². The Balaban J connectivity index is 2.15. The second-order valence-electron chi connectivity index (χ2n) is 5.74.